The zero-order valence-corrected chi connectivity index (χ0v) is 23.6. The molecule has 1 aromatic carbocycles. The highest BCUT2D eigenvalue weighted by molar-refractivity contribution is 6.32. The van der Waals surface area contributed by atoms with Crippen LogP contribution in [0.2, 0.25) is 5.02 Å². The lowest BCUT2D eigenvalue weighted by molar-refractivity contribution is -0.124. The Bertz CT molecular complexity index is 1520. The Morgan fingerprint density at radius 3 is 2.71 bits per heavy atom. The molecule has 6 heterocycles. The summed E-state index contributed by atoms with van der Waals surface area (Å²) in [5.41, 5.74) is 2.63. The van der Waals surface area contributed by atoms with Gasteiger partial charge in [-0.15, -0.1) is 0 Å². The molecule has 5 fully saturated rings. The zero-order valence-electron chi connectivity index (χ0n) is 22.9. The van der Waals surface area contributed by atoms with Gasteiger partial charge >= 0.3 is 0 Å². The van der Waals surface area contributed by atoms with Gasteiger partial charge in [0.25, 0.3) is 0 Å². The first-order valence-corrected chi connectivity index (χ1v) is 15.3. The molecule has 10 heteroatoms. The molecule has 5 aliphatic rings. The minimum Gasteiger partial charge on any atom is -0.508 e. The van der Waals surface area contributed by atoms with Gasteiger partial charge in [0, 0.05) is 72.5 Å². The fourth-order valence-corrected chi connectivity index (χ4v) is 8.13. The monoisotopic (exact) mass is 581 g/mol. The van der Waals surface area contributed by atoms with E-state index in [1.807, 2.05) is 6.07 Å². The Balaban J connectivity index is 1.23. The van der Waals surface area contributed by atoms with Crippen LogP contribution in [0.4, 0.5) is 14.5 Å². The number of rotatable bonds is 6. The summed E-state index contributed by atoms with van der Waals surface area (Å²) < 4.78 is 37.5. The third kappa shape index (κ3) is 4.47. The first-order valence-electron chi connectivity index (χ1n) is 14.9. The predicted molar refractivity (Wildman–Crippen MR) is 154 cm³/mol. The number of pyridine rings is 2. The van der Waals surface area contributed by atoms with Crippen molar-refractivity contribution in [3.63, 3.8) is 0 Å². The molecule has 1 aliphatic carbocycles. The van der Waals surface area contributed by atoms with Crippen molar-refractivity contribution in [1.82, 2.24) is 20.2 Å². The third-order valence-electron chi connectivity index (χ3n) is 9.76. The van der Waals surface area contributed by atoms with E-state index in [1.54, 1.807) is 12.3 Å². The highest BCUT2D eigenvalue weighted by atomic mass is 35.5. The van der Waals surface area contributed by atoms with Gasteiger partial charge in [0.1, 0.15) is 28.9 Å². The molecule has 1 saturated carbocycles. The van der Waals surface area contributed by atoms with E-state index in [0.29, 0.717) is 46.7 Å². The number of ether oxygens (including phenoxy) is 1. The van der Waals surface area contributed by atoms with E-state index in [0.717, 1.165) is 69.4 Å². The van der Waals surface area contributed by atoms with E-state index in [1.165, 1.54) is 6.07 Å². The molecule has 4 atom stereocenters. The number of anilines is 1. The maximum atomic E-state index is 16.6. The molecule has 8 rings (SSSR count). The minimum atomic E-state index is -0.896. The van der Waals surface area contributed by atoms with E-state index in [-0.39, 0.29) is 29.5 Å². The summed E-state index contributed by atoms with van der Waals surface area (Å²) in [6.07, 6.45) is 7.14. The summed E-state index contributed by atoms with van der Waals surface area (Å²) >= 11 is 6.55. The van der Waals surface area contributed by atoms with E-state index in [9.17, 15) is 9.50 Å². The van der Waals surface area contributed by atoms with Crippen molar-refractivity contribution in [2.75, 3.05) is 31.1 Å². The number of piperazine rings is 1. The Hall–Kier alpha value is -2.59. The van der Waals surface area contributed by atoms with Crippen LogP contribution in [-0.2, 0) is 11.3 Å². The van der Waals surface area contributed by atoms with E-state index < -0.39 is 17.7 Å². The van der Waals surface area contributed by atoms with Gasteiger partial charge in [0.05, 0.1) is 12.3 Å². The molecule has 2 N–H and O–H groups in total. The van der Waals surface area contributed by atoms with Crippen LogP contribution in [-0.4, -0.2) is 70.1 Å². The van der Waals surface area contributed by atoms with Crippen molar-refractivity contribution in [3.8, 4) is 17.0 Å². The Labute approximate surface area is 242 Å². The van der Waals surface area contributed by atoms with Gasteiger partial charge < -0.3 is 20.1 Å². The summed E-state index contributed by atoms with van der Waals surface area (Å²) in [5.74, 6) is -0.322. The topological polar surface area (TPSA) is 73.8 Å². The smallest absolute Gasteiger partial charge is 0.175 e. The van der Waals surface area contributed by atoms with Crippen molar-refractivity contribution < 1.29 is 18.6 Å². The van der Waals surface area contributed by atoms with Crippen molar-refractivity contribution in [1.29, 1.82) is 0 Å². The number of nitrogens with one attached hydrogen (secondary N) is 1. The second-order valence-electron chi connectivity index (χ2n) is 12.6. The number of fused-ring (bicyclic) bond motifs is 4. The van der Waals surface area contributed by atoms with Crippen LogP contribution in [0.25, 0.3) is 22.2 Å². The zero-order chi connectivity index (χ0) is 27.9. The molecular formula is C31H34ClF2N5O2. The predicted octanol–water partition coefficient (Wildman–Crippen LogP) is 5.66. The van der Waals surface area contributed by atoms with Crippen molar-refractivity contribution in [3.05, 3.63) is 46.5 Å². The second-order valence-corrected chi connectivity index (χ2v) is 13.0. The molecule has 0 radical (unpaired) electrons. The maximum Gasteiger partial charge on any atom is 0.175 e. The lowest BCUT2D eigenvalue weighted by Gasteiger charge is -2.35. The molecule has 0 amide bonds. The fraction of sp³-hybridized carbons (Fsp3) is 0.548. The van der Waals surface area contributed by atoms with E-state index in [2.05, 4.69) is 20.1 Å². The number of nitrogens with zero attached hydrogens (tertiary/aromatic N) is 4. The molecular weight excluding hydrogens is 548 g/mol. The SMILES string of the molecule is Oc1cc(Cl)c(C2CC2)c(-c2ncc3c(N4CC5CCC(C4)N5)cc(COC45CCCN4CC(F)C5)nc3c2F)c1. The molecule has 2 aromatic heterocycles. The molecule has 7 nitrogen and oxygen atoms in total. The first kappa shape index (κ1) is 26.1. The van der Waals surface area contributed by atoms with Crippen LogP contribution in [0.3, 0.4) is 0 Å². The van der Waals surface area contributed by atoms with Gasteiger partial charge in [0.2, 0.25) is 0 Å². The molecule has 3 aromatic rings. The maximum absolute atomic E-state index is 16.6. The van der Waals surface area contributed by atoms with Gasteiger partial charge in [-0.25, -0.2) is 13.8 Å². The molecule has 216 valence electrons. The Kier molecular flexibility index (Phi) is 6.18. The summed E-state index contributed by atoms with van der Waals surface area (Å²) in [4.78, 5) is 13.9. The molecule has 4 unspecified atom stereocenters. The van der Waals surface area contributed by atoms with E-state index >= 15 is 4.39 Å². The molecule has 4 aliphatic heterocycles. The second kappa shape index (κ2) is 9.73. The Morgan fingerprint density at radius 2 is 1.93 bits per heavy atom. The number of halogens is 3. The van der Waals surface area contributed by atoms with Crippen molar-refractivity contribution in [2.24, 2.45) is 0 Å². The quantitative estimate of drug-likeness (QED) is 0.389. The van der Waals surface area contributed by atoms with Gasteiger partial charge in [0.15, 0.2) is 5.82 Å². The summed E-state index contributed by atoms with van der Waals surface area (Å²) in [5, 5.41) is 15.1. The lowest BCUT2D eigenvalue weighted by Crippen LogP contribution is -2.51. The highest BCUT2D eigenvalue weighted by Gasteiger charge is 2.50. The molecule has 41 heavy (non-hydrogen) atoms. The number of aromatic nitrogens is 2. The number of hydrogen-bond donors (Lipinski definition) is 2. The van der Waals surface area contributed by atoms with Crippen LogP contribution in [0, 0.1) is 5.82 Å². The first-order chi connectivity index (χ1) is 19.9. The largest absolute Gasteiger partial charge is 0.508 e. The van der Waals surface area contributed by atoms with Crippen LogP contribution >= 0.6 is 11.6 Å². The van der Waals surface area contributed by atoms with Crippen molar-refractivity contribution in [2.45, 2.75) is 81.5 Å². The summed E-state index contributed by atoms with van der Waals surface area (Å²) in [6.45, 7) is 3.07. The average Bonchev–Trinajstić information content (AvgIpc) is 3.52. The van der Waals surface area contributed by atoms with Crippen molar-refractivity contribution >= 4 is 28.2 Å². The van der Waals surface area contributed by atoms with Gasteiger partial charge in [-0.2, -0.15) is 0 Å². The summed E-state index contributed by atoms with van der Waals surface area (Å²) in [7, 11) is 0. The number of phenolic OH excluding ortho intramolecular Hbond substituents is 1. The van der Waals surface area contributed by atoms with Crippen LogP contribution in [0.15, 0.2) is 24.4 Å². The van der Waals surface area contributed by atoms with Gasteiger partial charge in [-0.1, -0.05) is 11.6 Å². The van der Waals surface area contributed by atoms with Crippen LogP contribution < -0.4 is 10.2 Å². The molecule has 0 spiro atoms. The number of alkyl halides is 1. The number of aromatic hydroxyl groups is 1. The third-order valence-corrected chi connectivity index (χ3v) is 10.1. The van der Waals surface area contributed by atoms with Crippen LogP contribution in [0.5, 0.6) is 5.75 Å². The standard InChI is InChI=1S/C31H34ClF2N5O2/c32-25-10-22(40)9-23(27(25)17-2-3-17)29-28(34)30-24(12-35-29)26(38-14-19-4-5-20(15-38)36-19)8-21(37-30)16-41-31-6-1-7-39(31)13-18(33)11-31/h8-10,12,17-20,36,40H,1-7,11,13-16H2. The lowest BCUT2D eigenvalue weighted by atomic mass is 9.98. The number of hydrogen-bond acceptors (Lipinski definition) is 7. The summed E-state index contributed by atoms with van der Waals surface area (Å²) in [6, 6.07) is 5.87. The van der Waals surface area contributed by atoms with Gasteiger partial charge in [-0.05, 0) is 68.2 Å². The van der Waals surface area contributed by atoms with E-state index in [4.69, 9.17) is 21.3 Å². The normalized spacial score (nSPS) is 29.5. The molecule has 2 bridgehead atoms. The minimum absolute atomic E-state index is 0.0223. The van der Waals surface area contributed by atoms with Gasteiger partial charge in [-0.3, -0.25) is 9.88 Å². The number of phenols is 1. The fourth-order valence-electron chi connectivity index (χ4n) is 7.77. The Morgan fingerprint density at radius 1 is 1.12 bits per heavy atom. The molecule has 4 saturated heterocycles. The highest BCUT2D eigenvalue weighted by Crippen LogP contribution is 2.49. The number of benzene rings is 1. The average molecular weight is 582 g/mol. The van der Waals surface area contributed by atoms with Crippen LogP contribution in [0.1, 0.15) is 62.1 Å².